The summed E-state index contributed by atoms with van der Waals surface area (Å²) in [7, 11) is 0. The zero-order valence-electron chi connectivity index (χ0n) is 12.9. The highest BCUT2D eigenvalue weighted by Crippen LogP contribution is 2.35. The molecule has 0 aromatic heterocycles. The van der Waals surface area contributed by atoms with Crippen LogP contribution in [-0.4, -0.2) is 29.8 Å². The van der Waals surface area contributed by atoms with Gasteiger partial charge in [0, 0.05) is 18.2 Å². The molecule has 0 heterocycles. The molecule has 0 N–H and O–H groups in total. The molecule has 0 atom stereocenters. The van der Waals surface area contributed by atoms with Gasteiger partial charge in [0.15, 0.2) is 5.78 Å². The first-order valence-corrected chi connectivity index (χ1v) is 7.89. The van der Waals surface area contributed by atoms with Crippen LogP contribution in [0, 0.1) is 26.7 Å². The number of nitrogens with zero attached hydrogens (tertiary/aromatic N) is 1. The van der Waals surface area contributed by atoms with Gasteiger partial charge in [-0.2, -0.15) is 0 Å². The molecule has 0 saturated heterocycles. The van der Waals surface area contributed by atoms with Crippen molar-refractivity contribution in [1.82, 2.24) is 4.90 Å². The minimum Gasteiger partial charge on any atom is -0.293 e. The Hall–Kier alpha value is -1.15. The molecule has 0 aliphatic heterocycles. The summed E-state index contributed by atoms with van der Waals surface area (Å²) in [4.78, 5) is 15.1. The van der Waals surface area contributed by atoms with Gasteiger partial charge in [0.2, 0.25) is 0 Å². The van der Waals surface area contributed by atoms with Crippen LogP contribution in [0.1, 0.15) is 52.7 Å². The third-order valence-corrected chi connectivity index (χ3v) is 4.56. The quantitative estimate of drug-likeness (QED) is 0.736. The van der Waals surface area contributed by atoms with Crippen LogP contribution in [0.2, 0.25) is 0 Å². The largest absolute Gasteiger partial charge is 0.293 e. The molecule has 108 valence electrons. The topological polar surface area (TPSA) is 20.3 Å². The molecule has 0 amide bonds. The van der Waals surface area contributed by atoms with Crippen LogP contribution in [-0.2, 0) is 0 Å². The van der Waals surface area contributed by atoms with Crippen LogP contribution < -0.4 is 0 Å². The maximum atomic E-state index is 12.7. The lowest BCUT2D eigenvalue weighted by atomic mass is 9.96. The molecular weight excluding hydrogens is 246 g/mol. The summed E-state index contributed by atoms with van der Waals surface area (Å²) >= 11 is 0. The van der Waals surface area contributed by atoms with Crippen LogP contribution in [0.25, 0.3) is 0 Å². The standard InChI is InChI=1S/C18H25NO/c1-12-8-13(2)18(14(3)9-12)17(20)11-19(16-6-7-16)10-15-4-5-15/h8-9,15-16H,4-7,10-11H2,1-3H3. The van der Waals surface area contributed by atoms with Gasteiger partial charge >= 0.3 is 0 Å². The van der Waals surface area contributed by atoms with Crippen LogP contribution in [0.15, 0.2) is 12.1 Å². The average molecular weight is 271 g/mol. The number of carbonyl (C=O) groups excluding carboxylic acids is 1. The smallest absolute Gasteiger partial charge is 0.177 e. The van der Waals surface area contributed by atoms with Crippen LogP contribution >= 0.6 is 0 Å². The van der Waals surface area contributed by atoms with Gasteiger partial charge in [0.1, 0.15) is 0 Å². The second-order valence-electron chi connectivity index (χ2n) is 6.80. The van der Waals surface area contributed by atoms with E-state index in [9.17, 15) is 4.79 Å². The highest BCUT2D eigenvalue weighted by atomic mass is 16.1. The fourth-order valence-corrected chi connectivity index (χ4v) is 3.30. The molecule has 1 aromatic rings. The van der Waals surface area contributed by atoms with Gasteiger partial charge < -0.3 is 0 Å². The third-order valence-electron chi connectivity index (χ3n) is 4.56. The van der Waals surface area contributed by atoms with Crippen molar-refractivity contribution in [2.24, 2.45) is 5.92 Å². The van der Waals surface area contributed by atoms with Gasteiger partial charge in [0.05, 0.1) is 6.54 Å². The predicted molar refractivity (Wildman–Crippen MR) is 82.3 cm³/mol. The van der Waals surface area contributed by atoms with Gasteiger partial charge in [-0.05, 0) is 63.5 Å². The molecule has 2 saturated carbocycles. The normalized spacial score (nSPS) is 18.6. The number of rotatable bonds is 6. The van der Waals surface area contributed by atoms with E-state index in [0.29, 0.717) is 18.4 Å². The van der Waals surface area contributed by atoms with Gasteiger partial charge in [-0.15, -0.1) is 0 Å². The highest BCUT2D eigenvalue weighted by molar-refractivity contribution is 6.00. The maximum Gasteiger partial charge on any atom is 0.177 e. The van der Waals surface area contributed by atoms with Crippen LogP contribution in [0.4, 0.5) is 0 Å². The number of aryl methyl sites for hydroxylation is 3. The lowest BCUT2D eigenvalue weighted by Gasteiger charge is -2.22. The minimum absolute atomic E-state index is 0.313. The van der Waals surface area contributed by atoms with E-state index in [0.717, 1.165) is 29.2 Å². The molecule has 1 aromatic carbocycles. The average Bonchev–Trinajstić information content (AvgIpc) is 3.22. The van der Waals surface area contributed by atoms with E-state index in [4.69, 9.17) is 0 Å². The summed E-state index contributed by atoms with van der Waals surface area (Å²) < 4.78 is 0. The van der Waals surface area contributed by atoms with Crippen LogP contribution in [0.3, 0.4) is 0 Å². The number of benzene rings is 1. The predicted octanol–water partition coefficient (Wildman–Crippen LogP) is 3.67. The molecule has 2 fully saturated rings. The van der Waals surface area contributed by atoms with Crippen molar-refractivity contribution >= 4 is 5.78 Å². The number of Topliss-reactive ketones (excluding diaryl/α,β-unsaturated/α-hetero) is 1. The zero-order valence-corrected chi connectivity index (χ0v) is 12.9. The fraction of sp³-hybridized carbons (Fsp3) is 0.611. The Labute approximate surface area is 122 Å². The number of hydrogen-bond donors (Lipinski definition) is 0. The van der Waals surface area contributed by atoms with Gasteiger partial charge in [0.25, 0.3) is 0 Å². The second-order valence-corrected chi connectivity index (χ2v) is 6.80. The molecule has 0 bridgehead atoms. The van der Waals surface area contributed by atoms with Crippen molar-refractivity contribution in [2.45, 2.75) is 52.5 Å². The van der Waals surface area contributed by atoms with Gasteiger partial charge in [-0.3, -0.25) is 9.69 Å². The van der Waals surface area contributed by atoms with E-state index < -0.39 is 0 Å². The van der Waals surface area contributed by atoms with E-state index in [1.807, 2.05) is 0 Å². The number of carbonyl (C=O) groups is 1. The summed E-state index contributed by atoms with van der Waals surface area (Å²) in [6, 6.07) is 4.94. The Morgan fingerprint density at radius 1 is 1.10 bits per heavy atom. The summed E-state index contributed by atoms with van der Waals surface area (Å²) in [6.07, 6.45) is 5.29. The van der Waals surface area contributed by atoms with Crippen molar-refractivity contribution in [2.75, 3.05) is 13.1 Å². The van der Waals surface area contributed by atoms with E-state index in [-0.39, 0.29) is 0 Å². The van der Waals surface area contributed by atoms with E-state index >= 15 is 0 Å². The summed E-state index contributed by atoms with van der Waals surface area (Å²) in [5.74, 6) is 1.18. The molecule has 20 heavy (non-hydrogen) atoms. The van der Waals surface area contributed by atoms with Crippen molar-refractivity contribution in [3.05, 3.63) is 34.4 Å². The third kappa shape index (κ3) is 3.12. The SMILES string of the molecule is Cc1cc(C)c(C(=O)CN(CC2CC2)C2CC2)c(C)c1. The molecule has 0 unspecified atom stereocenters. The molecule has 0 radical (unpaired) electrons. The zero-order chi connectivity index (χ0) is 14.3. The Kier molecular flexibility index (Phi) is 3.68. The lowest BCUT2D eigenvalue weighted by Crippen LogP contribution is -2.34. The highest BCUT2D eigenvalue weighted by Gasteiger charge is 2.34. The Bertz CT molecular complexity index is 503. The first kappa shape index (κ1) is 13.8. The monoisotopic (exact) mass is 271 g/mol. The second kappa shape index (κ2) is 5.33. The van der Waals surface area contributed by atoms with Crippen molar-refractivity contribution in [3.63, 3.8) is 0 Å². The molecule has 3 rings (SSSR count). The lowest BCUT2D eigenvalue weighted by molar-refractivity contribution is 0.0920. The van der Waals surface area contributed by atoms with Crippen LogP contribution in [0.5, 0.6) is 0 Å². The Balaban J connectivity index is 1.74. The molecule has 2 aliphatic rings. The van der Waals surface area contributed by atoms with Gasteiger partial charge in [-0.25, -0.2) is 0 Å². The molecule has 2 heteroatoms. The molecule has 2 aliphatic carbocycles. The van der Waals surface area contributed by atoms with E-state index in [1.54, 1.807) is 0 Å². The molecular formula is C18H25NO. The van der Waals surface area contributed by atoms with Crippen molar-refractivity contribution in [1.29, 1.82) is 0 Å². The van der Waals surface area contributed by atoms with E-state index in [1.165, 1.54) is 31.2 Å². The van der Waals surface area contributed by atoms with E-state index in [2.05, 4.69) is 37.8 Å². The summed E-state index contributed by atoms with van der Waals surface area (Å²) in [5, 5.41) is 0. The van der Waals surface area contributed by atoms with Gasteiger partial charge in [-0.1, -0.05) is 17.7 Å². The maximum absolute atomic E-state index is 12.7. The summed E-state index contributed by atoms with van der Waals surface area (Å²) in [5.41, 5.74) is 4.47. The Morgan fingerprint density at radius 2 is 1.70 bits per heavy atom. The number of hydrogen-bond acceptors (Lipinski definition) is 2. The number of ketones is 1. The fourth-order valence-electron chi connectivity index (χ4n) is 3.30. The Morgan fingerprint density at radius 3 is 2.20 bits per heavy atom. The first-order chi connectivity index (χ1) is 9.54. The molecule has 2 nitrogen and oxygen atoms in total. The minimum atomic E-state index is 0.313. The van der Waals surface area contributed by atoms with Crippen molar-refractivity contribution < 1.29 is 4.79 Å². The first-order valence-electron chi connectivity index (χ1n) is 7.89. The van der Waals surface area contributed by atoms with Crippen molar-refractivity contribution in [3.8, 4) is 0 Å². The molecule has 0 spiro atoms. The summed E-state index contributed by atoms with van der Waals surface area (Å²) in [6.45, 7) is 7.98.